The standard InChI is InChI=1S/C13H16N2O/c16-13(10-4-6-14-7-5-10)15-8-11-2-1-3-12(11)9-15/h4-7,11-12H,1-3,8-9H2. The third-order valence-electron chi connectivity index (χ3n) is 3.94. The number of likely N-dealkylation sites (tertiary alicyclic amines) is 1. The molecule has 0 N–H and O–H groups in total. The van der Waals surface area contributed by atoms with Crippen LogP contribution in [0.25, 0.3) is 0 Å². The molecule has 1 saturated carbocycles. The number of rotatable bonds is 1. The van der Waals surface area contributed by atoms with Crippen LogP contribution in [0.15, 0.2) is 24.5 Å². The van der Waals surface area contributed by atoms with Crippen LogP contribution in [0.2, 0.25) is 0 Å². The van der Waals surface area contributed by atoms with Crippen molar-refractivity contribution in [3.63, 3.8) is 0 Å². The van der Waals surface area contributed by atoms with E-state index in [1.165, 1.54) is 19.3 Å². The maximum absolute atomic E-state index is 12.2. The van der Waals surface area contributed by atoms with Crippen LogP contribution in [0.5, 0.6) is 0 Å². The van der Waals surface area contributed by atoms with Gasteiger partial charge in [0, 0.05) is 31.0 Å². The van der Waals surface area contributed by atoms with Gasteiger partial charge in [-0.2, -0.15) is 0 Å². The predicted octanol–water partition coefficient (Wildman–Crippen LogP) is 1.95. The van der Waals surface area contributed by atoms with E-state index in [-0.39, 0.29) is 5.91 Å². The van der Waals surface area contributed by atoms with E-state index in [0.717, 1.165) is 30.5 Å². The zero-order valence-electron chi connectivity index (χ0n) is 9.30. The van der Waals surface area contributed by atoms with Crippen molar-refractivity contribution in [1.82, 2.24) is 9.88 Å². The Morgan fingerprint density at radius 1 is 1.19 bits per heavy atom. The third-order valence-corrected chi connectivity index (χ3v) is 3.94. The number of pyridine rings is 1. The average Bonchev–Trinajstić information content (AvgIpc) is 2.89. The van der Waals surface area contributed by atoms with Crippen molar-refractivity contribution in [2.75, 3.05) is 13.1 Å². The maximum atomic E-state index is 12.2. The first-order chi connectivity index (χ1) is 7.84. The highest BCUT2D eigenvalue weighted by atomic mass is 16.2. The molecule has 3 heteroatoms. The monoisotopic (exact) mass is 216 g/mol. The van der Waals surface area contributed by atoms with Crippen molar-refractivity contribution in [3.8, 4) is 0 Å². The normalized spacial score (nSPS) is 28.1. The average molecular weight is 216 g/mol. The van der Waals surface area contributed by atoms with Crippen LogP contribution in [-0.4, -0.2) is 28.9 Å². The van der Waals surface area contributed by atoms with Gasteiger partial charge in [-0.15, -0.1) is 0 Å². The second-order valence-electron chi connectivity index (χ2n) is 4.90. The zero-order valence-corrected chi connectivity index (χ0v) is 9.30. The molecular weight excluding hydrogens is 200 g/mol. The van der Waals surface area contributed by atoms with Crippen molar-refractivity contribution in [3.05, 3.63) is 30.1 Å². The molecule has 0 spiro atoms. The lowest BCUT2D eigenvalue weighted by Crippen LogP contribution is -2.29. The first kappa shape index (κ1) is 9.82. The number of hydrogen-bond acceptors (Lipinski definition) is 2. The van der Waals surface area contributed by atoms with Gasteiger partial charge < -0.3 is 4.90 Å². The molecule has 3 rings (SSSR count). The first-order valence-corrected chi connectivity index (χ1v) is 6.04. The maximum Gasteiger partial charge on any atom is 0.253 e. The van der Waals surface area contributed by atoms with E-state index in [0.29, 0.717) is 0 Å². The fourth-order valence-corrected chi connectivity index (χ4v) is 3.08. The minimum atomic E-state index is 0.178. The smallest absolute Gasteiger partial charge is 0.253 e. The molecule has 2 atom stereocenters. The van der Waals surface area contributed by atoms with Gasteiger partial charge in [-0.25, -0.2) is 0 Å². The quantitative estimate of drug-likeness (QED) is 0.719. The Kier molecular flexibility index (Phi) is 2.39. The molecule has 0 aromatic carbocycles. The molecule has 2 unspecified atom stereocenters. The van der Waals surface area contributed by atoms with Crippen LogP contribution in [0.1, 0.15) is 29.6 Å². The molecule has 16 heavy (non-hydrogen) atoms. The van der Waals surface area contributed by atoms with Gasteiger partial charge in [0.1, 0.15) is 0 Å². The Morgan fingerprint density at radius 3 is 2.44 bits per heavy atom. The van der Waals surface area contributed by atoms with Gasteiger partial charge in [-0.3, -0.25) is 9.78 Å². The fraction of sp³-hybridized carbons (Fsp3) is 0.538. The summed E-state index contributed by atoms with van der Waals surface area (Å²) < 4.78 is 0. The summed E-state index contributed by atoms with van der Waals surface area (Å²) in [5, 5.41) is 0. The Morgan fingerprint density at radius 2 is 1.81 bits per heavy atom. The summed E-state index contributed by atoms with van der Waals surface area (Å²) in [6.45, 7) is 1.93. The van der Waals surface area contributed by atoms with Crippen molar-refractivity contribution in [2.24, 2.45) is 11.8 Å². The SMILES string of the molecule is O=C(c1ccncc1)N1CC2CCCC2C1. The zero-order chi connectivity index (χ0) is 11.0. The van der Waals surface area contributed by atoms with Crippen LogP contribution < -0.4 is 0 Å². The van der Waals surface area contributed by atoms with Gasteiger partial charge in [-0.05, 0) is 36.8 Å². The number of carbonyl (C=O) groups excluding carboxylic acids is 1. The molecule has 2 heterocycles. The second kappa shape index (κ2) is 3.89. The van der Waals surface area contributed by atoms with E-state index in [9.17, 15) is 4.79 Å². The number of nitrogens with zero attached hydrogens (tertiary/aromatic N) is 2. The second-order valence-corrected chi connectivity index (χ2v) is 4.90. The first-order valence-electron chi connectivity index (χ1n) is 6.04. The largest absolute Gasteiger partial charge is 0.338 e. The van der Waals surface area contributed by atoms with Gasteiger partial charge in [0.05, 0.1) is 0 Å². The van der Waals surface area contributed by atoms with Crippen molar-refractivity contribution >= 4 is 5.91 Å². The van der Waals surface area contributed by atoms with Crippen LogP contribution in [0, 0.1) is 11.8 Å². The molecular formula is C13H16N2O. The highest BCUT2D eigenvalue weighted by Gasteiger charge is 2.38. The molecule has 0 bridgehead atoms. The topological polar surface area (TPSA) is 33.2 Å². The molecule has 3 nitrogen and oxygen atoms in total. The Balaban J connectivity index is 1.73. The molecule has 0 radical (unpaired) electrons. The van der Waals surface area contributed by atoms with Gasteiger partial charge >= 0.3 is 0 Å². The van der Waals surface area contributed by atoms with Crippen LogP contribution in [0.4, 0.5) is 0 Å². The van der Waals surface area contributed by atoms with E-state index < -0.39 is 0 Å². The Bertz CT molecular complexity index is 378. The summed E-state index contributed by atoms with van der Waals surface area (Å²) in [6.07, 6.45) is 7.34. The highest BCUT2D eigenvalue weighted by molar-refractivity contribution is 5.94. The molecule has 84 valence electrons. The summed E-state index contributed by atoms with van der Waals surface area (Å²) in [6, 6.07) is 3.60. The van der Waals surface area contributed by atoms with Crippen LogP contribution in [0.3, 0.4) is 0 Å². The van der Waals surface area contributed by atoms with E-state index in [4.69, 9.17) is 0 Å². The van der Waals surface area contributed by atoms with Crippen molar-refractivity contribution < 1.29 is 4.79 Å². The van der Waals surface area contributed by atoms with Crippen LogP contribution in [-0.2, 0) is 0 Å². The lowest BCUT2D eigenvalue weighted by Gasteiger charge is -2.17. The number of carbonyl (C=O) groups is 1. The van der Waals surface area contributed by atoms with E-state index in [2.05, 4.69) is 4.98 Å². The Labute approximate surface area is 95.5 Å². The van der Waals surface area contributed by atoms with E-state index >= 15 is 0 Å². The van der Waals surface area contributed by atoms with Gasteiger partial charge in [-0.1, -0.05) is 6.42 Å². The summed E-state index contributed by atoms with van der Waals surface area (Å²) in [7, 11) is 0. The lowest BCUT2D eigenvalue weighted by atomic mass is 10.0. The number of fused-ring (bicyclic) bond motifs is 1. The minimum Gasteiger partial charge on any atom is -0.338 e. The summed E-state index contributed by atoms with van der Waals surface area (Å²) in [5.74, 6) is 1.72. The number of amides is 1. The molecule has 1 saturated heterocycles. The molecule has 1 amide bonds. The molecule has 2 fully saturated rings. The highest BCUT2D eigenvalue weighted by Crippen LogP contribution is 2.38. The van der Waals surface area contributed by atoms with Gasteiger partial charge in [0.15, 0.2) is 0 Å². The molecule has 1 aromatic rings. The van der Waals surface area contributed by atoms with Crippen LogP contribution >= 0.6 is 0 Å². The third kappa shape index (κ3) is 1.60. The summed E-state index contributed by atoms with van der Waals surface area (Å²) in [5.41, 5.74) is 0.773. The molecule has 2 aliphatic rings. The van der Waals surface area contributed by atoms with E-state index in [1.807, 2.05) is 4.90 Å². The predicted molar refractivity (Wildman–Crippen MR) is 61.0 cm³/mol. The minimum absolute atomic E-state index is 0.178. The molecule has 1 aliphatic carbocycles. The number of hydrogen-bond donors (Lipinski definition) is 0. The van der Waals surface area contributed by atoms with E-state index in [1.54, 1.807) is 24.5 Å². The Hall–Kier alpha value is -1.38. The van der Waals surface area contributed by atoms with Crippen molar-refractivity contribution in [2.45, 2.75) is 19.3 Å². The van der Waals surface area contributed by atoms with Gasteiger partial charge in [0.2, 0.25) is 0 Å². The summed E-state index contributed by atoms with van der Waals surface area (Å²) >= 11 is 0. The van der Waals surface area contributed by atoms with Crippen molar-refractivity contribution in [1.29, 1.82) is 0 Å². The number of aromatic nitrogens is 1. The fourth-order valence-electron chi connectivity index (χ4n) is 3.08. The van der Waals surface area contributed by atoms with Gasteiger partial charge in [0.25, 0.3) is 5.91 Å². The molecule has 1 aromatic heterocycles. The molecule has 1 aliphatic heterocycles. The lowest BCUT2D eigenvalue weighted by molar-refractivity contribution is 0.0780. The summed E-state index contributed by atoms with van der Waals surface area (Å²) in [4.78, 5) is 18.1.